The molecule has 0 spiro atoms. The lowest BCUT2D eigenvalue weighted by Gasteiger charge is -2.10. The fraction of sp³-hybridized carbons (Fsp3) is 0.190. The van der Waals surface area contributed by atoms with Crippen LogP contribution in [0, 0.1) is 0 Å². The maximum absolute atomic E-state index is 5.28. The van der Waals surface area contributed by atoms with E-state index < -0.39 is 0 Å². The largest absolute Gasteiger partial charge is 0.497 e. The second-order valence-corrected chi connectivity index (χ2v) is 6.28. The number of aromatic amines is 1. The molecule has 2 heterocycles. The zero-order valence-corrected chi connectivity index (χ0v) is 15.8. The van der Waals surface area contributed by atoms with E-state index in [2.05, 4.69) is 37.4 Å². The highest BCUT2D eigenvalue weighted by Gasteiger charge is 2.09. The average molecular weight is 375 g/mol. The minimum Gasteiger partial charge on any atom is -0.497 e. The average Bonchev–Trinajstić information content (AvgIpc) is 3.22. The number of imidazole rings is 1. The summed E-state index contributed by atoms with van der Waals surface area (Å²) in [5.41, 5.74) is 4.86. The molecule has 0 aliphatic rings. The number of rotatable bonds is 7. The molecule has 0 unspecified atom stereocenters. The summed E-state index contributed by atoms with van der Waals surface area (Å²) >= 11 is 0. The Bertz CT molecular complexity index is 1080. The summed E-state index contributed by atoms with van der Waals surface area (Å²) in [6.07, 6.45) is 2.55. The van der Waals surface area contributed by atoms with Crippen molar-refractivity contribution in [2.24, 2.45) is 0 Å². The number of benzene rings is 2. The molecule has 0 saturated carbocycles. The van der Waals surface area contributed by atoms with Crippen molar-refractivity contribution in [2.75, 3.05) is 26.1 Å². The summed E-state index contributed by atoms with van der Waals surface area (Å²) in [5.74, 6) is 1.58. The van der Waals surface area contributed by atoms with Gasteiger partial charge in [0.05, 0.1) is 37.3 Å². The topological polar surface area (TPSA) is 85.0 Å². The monoisotopic (exact) mass is 375 g/mol. The third-order valence-corrected chi connectivity index (χ3v) is 4.48. The Kier molecular flexibility index (Phi) is 5.05. The van der Waals surface area contributed by atoms with Gasteiger partial charge in [0.2, 0.25) is 0 Å². The van der Waals surface area contributed by atoms with Gasteiger partial charge in [0.25, 0.3) is 0 Å². The van der Waals surface area contributed by atoms with Crippen molar-refractivity contribution in [2.45, 2.75) is 6.42 Å². The van der Waals surface area contributed by atoms with Crippen molar-refractivity contribution in [1.29, 1.82) is 0 Å². The van der Waals surface area contributed by atoms with E-state index in [4.69, 9.17) is 9.47 Å². The highest BCUT2D eigenvalue weighted by atomic mass is 16.5. The third kappa shape index (κ3) is 3.88. The number of hydrogen-bond donors (Lipinski definition) is 2. The number of anilines is 1. The Balaban J connectivity index is 1.51. The zero-order valence-electron chi connectivity index (χ0n) is 15.8. The van der Waals surface area contributed by atoms with Gasteiger partial charge in [0.1, 0.15) is 11.6 Å². The van der Waals surface area contributed by atoms with E-state index in [0.29, 0.717) is 6.01 Å². The van der Waals surface area contributed by atoms with Crippen LogP contribution in [0.15, 0.2) is 54.9 Å². The zero-order chi connectivity index (χ0) is 19.3. The van der Waals surface area contributed by atoms with Gasteiger partial charge in [-0.2, -0.15) is 9.97 Å². The molecule has 4 rings (SSSR count). The first-order chi connectivity index (χ1) is 13.7. The molecule has 0 amide bonds. The van der Waals surface area contributed by atoms with Crippen LogP contribution in [0.2, 0.25) is 0 Å². The SMILES string of the molecule is COc1ccc(CCNc2cc(-c3ccc4nc[nH]c4c3)nc(OC)n2)cc1. The van der Waals surface area contributed by atoms with Crippen LogP contribution >= 0.6 is 0 Å². The Labute approximate surface area is 162 Å². The van der Waals surface area contributed by atoms with Crippen molar-refractivity contribution in [3.05, 3.63) is 60.4 Å². The summed E-state index contributed by atoms with van der Waals surface area (Å²) in [5, 5.41) is 3.36. The molecule has 4 aromatic rings. The molecule has 2 N–H and O–H groups in total. The summed E-state index contributed by atoms with van der Waals surface area (Å²) in [7, 11) is 3.24. The summed E-state index contributed by atoms with van der Waals surface area (Å²) in [6, 6.07) is 16.3. The van der Waals surface area contributed by atoms with Crippen LogP contribution in [-0.2, 0) is 6.42 Å². The van der Waals surface area contributed by atoms with Gasteiger partial charge < -0.3 is 19.8 Å². The quantitative estimate of drug-likeness (QED) is 0.512. The first kappa shape index (κ1) is 17.8. The normalized spacial score (nSPS) is 10.8. The van der Waals surface area contributed by atoms with Crippen LogP contribution in [0.5, 0.6) is 11.8 Å². The van der Waals surface area contributed by atoms with Crippen LogP contribution in [0.3, 0.4) is 0 Å². The Morgan fingerprint density at radius 1 is 0.964 bits per heavy atom. The predicted molar refractivity (Wildman–Crippen MR) is 109 cm³/mol. The summed E-state index contributed by atoms with van der Waals surface area (Å²) in [4.78, 5) is 16.3. The number of fused-ring (bicyclic) bond motifs is 1. The molecule has 0 fully saturated rings. The lowest BCUT2D eigenvalue weighted by molar-refractivity contribution is 0.381. The Hall–Kier alpha value is -3.61. The van der Waals surface area contributed by atoms with E-state index >= 15 is 0 Å². The van der Waals surface area contributed by atoms with Gasteiger partial charge in [-0.1, -0.05) is 18.2 Å². The van der Waals surface area contributed by atoms with E-state index in [1.807, 2.05) is 36.4 Å². The Morgan fingerprint density at radius 3 is 2.61 bits per heavy atom. The van der Waals surface area contributed by atoms with Gasteiger partial charge in [-0.25, -0.2) is 4.98 Å². The van der Waals surface area contributed by atoms with Gasteiger partial charge in [-0.3, -0.25) is 0 Å². The smallest absolute Gasteiger partial charge is 0.318 e. The fourth-order valence-corrected chi connectivity index (χ4v) is 2.98. The molecule has 7 nitrogen and oxygen atoms in total. The van der Waals surface area contributed by atoms with Crippen molar-refractivity contribution >= 4 is 16.9 Å². The maximum Gasteiger partial charge on any atom is 0.318 e. The maximum atomic E-state index is 5.28. The van der Waals surface area contributed by atoms with E-state index in [1.54, 1.807) is 20.5 Å². The van der Waals surface area contributed by atoms with Gasteiger partial charge in [-0.05, 0) is 36.2 Å². The molecule has 2 aromatic heterocycles. The fourth-order valence-electron chi connectivity index (χ4n) is 2.98. The molecule has 0 radical (unpaired) electrons. The Morgan fingerprint density at radius 2 is 1.82 bits per heavy atom. The van der Waals surface area contributed by atoms with Crippen LogP contribution in [0.1, 0.15) is 5.56 Å². The molecule has 0 aliphatic heterocycles. The molecule has 2 aromatic carbocycles. The molecule has 0 bridgehead atoms. The first-order valence-electron chi connectivity index (χ1n) is 8.98. The predicted octanol–water partition coefficient (Wildman–Crippen LogP) is 3.69. The van der Waals surface area contributed by atoms with Gasteiger partial charge in [0, 0.05) is 18.2 Å². The molecular formula is C21H21N5O2. The first-order valence-corrected chi connectivity index (χ1v) is 8.98. The number of H-pyrrole nitrogens is 1. The van der Waals surface area contributed by atoms with Crippen LogP contribution in [0.4, 0.5) is 5.82 Å². The standard InChI is InChI=1S/C21H21N5O2/c1-27-16-6-3-14(4-7-16)9-10-22-20-12-18(25-21(26-20)28-2)15-5-8-17-19(11-15)24-13-23-17/h3-8,11-13H,9-10H2,1-2H3,(H,23,24)(H,22,25,26). The molecule has 0 saturated heterocycles. The van der Waals surface area contributed by atoms with Crippen molar-refractivity contribution in [3.8, 4) is 23.0 Å². The summed E-state index contributed by atoms with van der Waals surface area (Å²) < 4.78 is 10.5. The third-order valence-electron chi connectivity index (χ3n) is 4.48. The van der Waals surface area contributed by atoms with Crippen molar-refractivity contribution in [1.82, 2.24) is 19.9 Å². The highest BCUT2D eigenvalue weighted by molar-refractivity contribution is 5.81. The lowest BCUT2D eigenvalue weighted by Crippen LogP contribution is -2.08. The number of nitrogens with one attached hydrogen (secondary N) is 2. The van der Waals surface area contributed by atoms with Crippen molar-refractivity contribution < 1.29 is 9.47 Å². The number of methoxy groups -OCH3 is 2. The van der Waals surface area contributed by atoms with Gasteiger partial charge in [-0.15, -0.1) is 0 Å². The number of ether oxygens (including phenoxy) is 2. The minimum absolute atomic E-state index is 0.328. The molecule has 7 heteroatoms. The van der Waals surface area contributed by atoms with E-state index in [1.165, 1.54) is 5.56 Å². The molecule has 0 atom stereocenters. The van der Waals surface area contributed by atoms with Gasteiger partial charge >= 0.3 is 6.01 Å². The highest BCUT2D eigenvalue weighted by Crippen LogP contribution is 2.25. The van der Waals surface area contributed by atoms with Crippen LogP contribution < -0.4 is 14.8 Å². The second-order valence-electron chi connectivity index (χ2n) is 6.28. The van der Waals surface area contributed by atoms with E-state index in [9.17, 15) is 0 Å². The molecule has 28 heavy (non-hydrogen) atoms. The van der Waals surface area contributed by atoms with E-state index in [0.717, 1.165) is 46.8 Å². The number of nitrogens with zero attached hydrogens (tertiary/aromatic N) is 3. The van der Waals surface area contributed by atoms with E-state index in [-0.39, 0.29) is 0 Å². The molecule has 0 aliphatic carbocycles. The van der Waals surface area contributed by atoms with Gasteiger partial charge in [0.15, 0.2) is 0 Å². The number of hydrogen-bond acceptors (Lipinski definition) is 6. The second kappa shape index (κ2) is 7.96. The minimum atomic E-state index is 0.328. The summed E-state index contributed by atoms with van der Waals surface area (Å²) in [6.45, 7) is 0.742. The lowest BCUT2D eigenvalue weighted by atomic mass is 10.1. The molecular weight excluding hydrogens is 354 g/mol. The van der Waals surface area contributed by atoms with Crippen LogP contribution in [-0.4, -0.2) is 40.7 Å². The number of aromatic nitrogens is 4. The van der Waals surface area contributed by atoms with Crippen molar-refractivity contribution in [3.63, 3.8) is 0 Å². The van der Waals surface area contributed by atoms with Crippen LogP contribution in [0.25, 0.3) is 22.3 Å². The molecule has 142 valence electrons.